The zero-order chi connectivity index (χ0) is 11.4. The first kappa shape index (κ1) is 11.3. The molecule has 0 spiro atoms. The lowest BCUT2D eigenvalue weighted by Gasteiger charge is -2.02. The summed E-state index contributed by atoms with van der Waals surface area (Å²) in [5, 5.41) is 9.82. The Morgan fingerprint density at radius 3 is 2.53 bits per heavy atom. The molecule has 0 radical (unpaired) electrons. The van der Waals surface area contributed by atoms with Crippen molar-refractivity contribution in [2.45, 2.75) is 0 Å². The van der Waals surface area contributed by atoms with Crippen molar-refractivity contribution >= 4 is 29.9 Å². The normalized spacial score (nSPS) is 10.5. The molecule has 0 aromatic heterocycles. The third kappa shape index (κ3) is 2.82. The number of phenols is 1. The van der Waals surface area contributed by atoms with Crippen molar-refractivity contribution in [3.8, 4) is 5.75 Å². The summed E-state index contributed by atoms with van der Waals surface area (Å²) in [7, 11) is 0. The molecule has 0 fully saturated rings. The highest BCUT2D eigenvalue weighted by Crippen LogP contribution is 2.26. The largest absolute Gasteiger partial charge is 0.507 e. The van der Waals surface area contributed by atoms with E-state index in [1.807, 2.05) is 0 Å². The number of aromatic hydroxyl groups is 1. The van der Waals surface area contributed by atoms with E-state index in [0.29, 0.717) is 11.3 Å². The van der Waals surface area contributed by atoms with Crippen LogP contribution in [0, 0.1) is 0 Å². The Kier molecular flexibility index (Phi) is 3.46. The van der Waals surface area contributed by atoms with Crippen LogP contribution >= 0.6 is 11.6 Å². The van der Waals surface area contributed by atoms with Gasteiger partial charge in [0, 0.05) is 16.7 Å². The van der Waals surface area contributed by atoms with Gasteiger partial charge in [-0.2, -0.15) is 0 Å². The Labute approximate surface area is 91.0 Å². The number of hydrogen-bond acceptors (Lipinski definition) is 3. The minimum Gasteiger partial charge on any atom is -0.507 e. The van der Waals surface area contributed by atoms with E-state index in [9.17, 15) is 14.7 Å². The maximum atomic E-state index is 10.5. The van der Waals surface area contributed by atoms with Crippen molar-refractivity contribution in [3.63, 3.8) is 0 Å². The van der Waals surface area contributed by atoms with Gasteiger partial charge in [-0.1, -0.05) is 11.6 Å². The van der Waals surface area contributed by atoms with Crippen LogP contribution in [0.2, 0.25) is 5.02 Å². The number of carbonyl (C=O) groups excluding carboxylic acids is 2. The Hall–Kier alpha value is -1.81. The van der Waals surface area contributed by atoms with Crippen LogP contribution in [0.5, 0.6) is 5.75 Å². The standard InChI is InChI=1S/C10H8ClNO3/c11-8-3-6(1-2-9(12)14)10(15)7(4-8)5-13/h1-5,15H,(H2,12,14). The van der Waals surface area contributed by atoms with Gasteiger partial charge in [0.15, 0.2) is 6.29 Å². The molecule has 5 heteroatoms. The summed E-state index contributed by atoms with van der Waals surface area (Å²) in [5.74, 6) is -0.881. The molecule has 0 atom stereocenters. The summed E-state index contributed by atoms with van der Waals surface area (Å²) in [4.78, 5) is 21.0. The molecule has 0 aliphatic carbocycles. The summed E-state index contributed by atoms with van der Waals surface area (Å²) in [5.41, 5.74) is 5.22. The molecule has 15 heavy (non-hydrogen) atoms. The van der Waals surface area contributed by atoms with Crippen LogP contribution in [0.15, 0.2) is 18.2 Å². The average molecular weight is 226 g/mol. The highest BCUT2D eigenvalue weighted by Gasteiger charge is 2.06. The fourth-order valence-corrected chi connectivity index (χ4v) is 1.27. The number of primary amides is 1. The van der Waals surface area contributed by atoms with Crippen LogP contribution in [0.4, 0.5) is 0 Å². The average Bonchev–Trinajstić information content (AvgIpc) is 2.18. The second kappa shape index (κ2) is 4.61. The zero-order valence-corrected chi connectivity index (χ0v) is 8.36. The van der Waals surface area contributed by atoms with Crippen LogP contribution < -0.4 is 5.73 Å². The Morgan fingerprint density at radius 2 is 2.00 bits per heavy atom. The predicted molar refractivity (Wildman–Crippen MR) is 56.7 cm³/mol. The number of rotatable bonds is 3. The van der Waals surface area contributed by atoms with E-state index >= 15 is 0 Å². The van der Waals surface area contributed by atoms with Gasteiger partial charge in [-0.15, -0.1) is 0 Å². The number of aldehydes is 1. The number of halogens is 1. The highest BCUT2D eigenvalue weighted by atomic mass is 35.5. The Balaban J connectivity index is 3.23. The second-order valence-corrected chi connectivity index (χ2v) is 3.22. The molecule has 0 heterocycles. The molecular weight excluding hydrogens is 218 g/mol. The first-order valence-electron chi connectivity index (χ1n) is 4.00. The molecule has 1 amide bonds. The number of nitrogens with two attached hydrogens (primary N) is 1. The van der Waals surface area contributed by atoms with Crippen molar-refractivity contribution < 1.29 is 14.7 Å². The molecule has 0 unspecified atom stereocenters. The smallest absolute Gasteiger partial charge is 0.241 e. The van der Waals surface area contributed by atoms with Gasteiger partial charge in [0.25, 0.3) is 0 Å². The van der Waals surface area contributed by atoms with Gasteiger partial charge in [-0.05, 0) is 18.2 Å². The van der Waals surface area contributed by atoms with Crippen LogP contribution in [-0.4, -0.2) is 17.3 Å². The van der Waals surface area contributed by atoms with E-state index in [1.165, 1.54) is 18.2 Å². The molecule has 0 saturated carbocycles. The lowest BCUT2D eigenvalue weighted by atomic mass is 10.1. The van der Waals surface area contributed by atoms with E-state index in [-0.39, 0.29) is 16.9 Å². The van der Waals surface area contributed by atoms with E-state index < -0.39 is 5.91 Å². The summed E-state index contributed by atoms with van der Waals surface area (Å²) in [6, 6.07) is 2.74. The van der Waals surface area contributed by atoms with E-state index in [4.69, 9.17) is 17.3 Å². The predicted octanol–water partition coefficient (Wildman–Crippen LogP) is 1.36. The molecule has 1 aromatic carbocycles. The summed E-state index contributed by atoms with van der Waals surface area (Å²) in [6.07, 6.45) is 2.83. The highest BCUT2D eigenvalue weighted by molar-refractivity contribution is 6.31. The Bertz CT molecular complexity index is 441. The third-order valence-electron chi connectivity index (χ3n) is 1.69. The number of amides is 1. The van der Waals surface area contributed by atoms with E-state index in [2.05, 4.69) is 0 Å². The molecule has 78 valence electrons. The summed E-state index contributed by atoms with van der Waals surface area (Å²) < 4.78 is 0. The fourth-order valence-electron chi connectivity index (χ4n) is 1.03. The van der Waals surface area contributed by atoms with Crippen LogP contribution in [0.1, 0.15) is 15.9 Å². The fraction of sp³-hybridized carbons (Fsp3) is 0. The number of carbonyl (C=O) groups is 2. The second-order valence-electron chi connectivity index (χ2n) is 2.79. The molecule has 0 saturated heterocycles. The molecule has 1 rings (SSSR count). The summed E-state index contributed by atoms with van der Waals surface area (Å²) in [6.45, 7) is 0. The minimum absolute atomic E-state index is 0.0617. The number of phenolic OH excluding ortho intramolecular Hbond substituents is 1. The minimum atomic E-state index is -0.651. The molecule has 4 nitrogen and oxygen atoms in total. The van der Waals surface area contributed by atoms with Crippen LogP contribution in [0.3, 0.4) is 0 Å². The number of benzene rings is 1. The van der Waals surface area contributed by atoms with Crippen molar-refractivity contribution in [2.24, 2.45) is 5.73 Å². The summed E-state index contributed by atoms with van der Waals surface area (Å²) >= 11 is 5.70. The van der Waals surface area contributed by atoms with E-state index in [1.54, 1.807) is 0 Å². The lowest BCUT2D eigenvalue weighted by molar-refractivity contribution is -0.113. The van der Waals surface area contributed by atoms with Gasteiger partial charge in [-0.25, -0.2) is 0 Å². The van der Waals surface area contributed by atoms with Gasteiger partial charge in [0.2, 0.25) is 5.91 Å². The maximum Gasteiger partial charge on any atom is 0.241 e. The van der Waals surface area contributed by atoms with Gasteiger partial charge in [-0.3, -0.25) is 9.59 Å². The molecule has 3 N–H and O–H groups in total. The van der Waals surface area contributed by atoms with Gasteiger partial charge in [0.1, 0.15) is 5.75 Å². The molecule has 0 aliphatic rings. The quantitative estimate of drug-likeness (QED) is 0.602. The van der Waals surface area contributed by atoms with Crippen LogP contribution in [0.25, 0.3) is 6.08 Å². The van der Waals surface area contributed by atoms with E-state index in [0.717, 1.165) is 6.08 Å². The maximum absolute atomic E-state index is 10.5. The third-order valence-corrected chi connectivity index (χ3v) is 1.91. The first-order chi connectivity index (χ1) is 7.04. The molecule has 0 bridgehead atoms. The molecular formula is C10H8ClNO3. The lowest BCUT2D eigenvalue weighted by Crippen LogP contribution is -2.05. The Morgan fingerprint density at radius 1 is 1.40 bits per heavy atom. The van der Waals surface area contributed by atoms with Crippen molar-refractivity contribution in [1.29, 1.82) is 0 Å². The molecule has 0 aliphatic heterocycles. The first-order valence-corrected chi connectivity index (χ1v) is 4.37. The van der Waals surface area contributed by atoms with Gasteiger partial charge in [0.05, 0.1) is 5.56 Å². The zero-order valence-electron chi connectivity index (χ0n) is 7.61. The molecule has 1 aromatic rings. The van der Waals surface area contributed by atoms with Gasteiger partial charge >= 0.3 is 0 Å². The SMILES string of the molecule is NC(=O)C=Cc1cc(Cl)cc(C=O)c1O. The van der Waals surface area contributed by atoms with Crippen molar-refractivity contribution in [2.75, 3.05) is 0 Å². The number of hydrogen-bond donors (Lipinski definition) is 2. The van der Waals surface area contributed by atoms with Crippen molar-refractivity contribution in [3.05, 3.63) is 34.4 Å². The monoisotopic (exact) mass is 225 g/mol. The van der Waals surface area contributed by atoms with Crippen LogP contribution in [-0.2, 0) is 4.79 Å². The van der Waals surface area contributed by atoms with Gasteiger partial charge < -0.3 is 10.8 Å². The topological polar surface area (TPSA) is 80.4 Å². The van der Waals surface area contributed by atoms with Crippen molar-refractivity contribution in [1.82, 2.24) is 0 Å².